The molecule has 1 aliphatic rings. The fraction of sp³-hybridized carbons (Fsp3) is 0.471. The third-order valence-electron chi connectivity index (χ3n) is 3.96. The van der Waals surface area contributed by atoms with Crippen LogP contribution in [0, 0.1) is 0 Å². The third-order valence-corrected chi connectivity index (χ3v) is 3.96. The first kappa shape index (κ1) is 16.4. The van der Waals surface area contributed by atoms with Gasteiger partial charge in [0.05, 0.1) is 19.6 Å². The summed E-state index contributed by atoms with van der Waals surface area (Å²) in [5.74, 6) is 1.24. The van der Waals surface area contributed by atoms with Gasteiger partial charge in [0.1, 0.15) is 0 Å². The summed E-state index contributed by atoms with van der Waals surface area (Å²) >= 11 is 0. The Morgan fingerprint density at radius 2 is 1.83 bits per heavy atom. The van der Waals surface area contributed by atoms with Gasteiger partial charge in [0.25, 0.3) is 0 Å². The molecule has 24 heavy (non-hydrogen) atoms. The van der Waals surface area contributed by atoms with Gasteiger partial charge in [-0.25, -0.2) is 4.79 Å². The van der Waals surface area contributed by atoms with Crippen LogP contribution >= 0.6 is 0 Å². The molecule has 0 saturated carbocycles. The van der Waals surface area contributed by atoms with Gasteiger partial charge in [-0.2, -0.15) is 0 Å². The van der Waals surface area contributed by atoms with Crippen LogP contribution in [0.25, 0.3) is 0 Å². The Morgan fingerprint density at radius 3 is 2.54 bits per heavy atom. The molecule has 0 bridgehead atoms. The molecule has 128 valence electrons. The molecular formula is C17H22N4O3. The predicted octanol–water partition coefficient (Wildman–Crippen LogP) is 1.93. The summed E-state index contributed by atoms with van der Waals surface area (Å²) in [6, 6.07) is 10.1. The number of amides is 1. The predicted molar refractivity (Wildman–Crippen MR) is 87.4 cm³/mol. The molecule has 7 nitrogen and oxygen atoms in total. The van der Waals surface area contributed by atoms with E-state index in [4.69, 9.17) is 9.15 Å². The van der Waals surface area contributed by atoms with Gasteiger partial charge in [-0.3, -0.25) is 4.90 Å². The molecule has 7 heteroatoms. The lowest BCUT2D eigenvalue weighted by Gasteiger charge is -2.33. The summed E-state index contributed by atoms with van der Waals surface area (Å²) < 4.78 is 10.8. The zero-order valence-corrected chi connectivity index (χ0v) is 13.9. The molecule has 0 aliphatic carbocycles. The lowest BCUT2D eigenvalue weighted by molar-refractivity contribution is 0.0754. The largest absolute Gasteiger partial charge is 0.450 e. The summed E-state index contributed by atoms with van der Waals surface area (Å²) in [5.41, 5.74) is 1.15. The minimum absolute atomic E-state index is 0.236. The lowest BCUT2D eigenvalue weighted by Crippen LogP contribution is -2.48. The lowest BCUT2D eigenvalue weighted by atomic mass is 10.2. The Bertz CT molecular complexity index is 651. The van der Waals surface area contributed by atoms with Gasteiger partial charge in [0.15, 0.2) is 0 Å². The van der Waals surface area contributed by atoms with Gasteiger partial charge in [-0.05, 0) is 12.5 Å². The van der Waals surface area contributed by atoms with Gasteiger partial charge in [0.2, 0.25) is 11.8 Å². The fourth-order valence-corrected chi connectivity index (χ4v) is 2.69. The maximum atomic E-state index is 11.7. The normalized spacial score (nSPS) is 15.5. The molecule has 1 aromatic carbocycles. The maximum Gasteiger partial charge on any atom is 0.409 e. The second-order valence-electron chi connectivity index (χ2n) is 5.71. The molecular weight excluding hydrogens is 308 g/mol. The average molecular weight is 330 g/mol. The van der Waals surface area contributed by atoms with Crippen LogP contribution in [0.15, 0.2) is 34.7 Å². The number of carbonyl (C=O) groups excluding carboxylic acids is 1. The SMILES string of the molecule is CCOC(=O)N1CCN(Cc2nnc(Cc3ccccc3)o2)CC1. The molecule has 3 rings (SSSR count). The van der Waals surface area contributed by atoms with Crippen LogP contribution in [-0.4, -0.2) is 58.9 Å². The van der Waals surface area contributed by atoms with Crippen LogP contribution in [0.3, 0.4) is 0 Å². The maximum absolute atomic E-state index is 11.7. The molecule has 1 fully saturated rings. The van der Waals surface area contributed by atoms with E-state index in [-0.39, 0.29) is 6.09 Å². The van der Waals surface area contributed by atoms with Crippen molar-refractivity contribution in [2.75, 3.05) is 32.8 Å². The zero-order chi connectivity index (χ0) is 16.8. The van der Waals surface area contributed by atoms with Gasteiger partial charge in [-0.1, -0.05) is 30.3 Å². The van der Waals surface area contributed by atoms with Gasteiger partial charge in [0, 0.05) is 26.2 Å². The average Bonchev–Trinajstić information content (AvgIpc) is 3.03. The molecule has 0 radical (unpaired) electrons. The highest BCUT2D eigenvalue weighted by Gasteiger charge is 2.23. The molecule has 0 spiro atoms. The van der Waals surface area contributed by atoms with Crippen molar-refractivity contribution in [3.05, 3.63) is 47.7 Å². The molecule has 0 N–H and O–H groups in total. The number of benzene rings is 1. The molecule has 2 aromatic rings. The standard InChI is InChI=1S/C17H22N4O3/c1-2-23-17(22)21-10-8-20(9-11-21)13-16-19-18-15(24-16)12-14-6-4-3-5-7-14/h3-7H,2,8-13H2,1H3. The monoisotopic (exact) mass is 330 g/mol. The third kappa shape index (κ3) is 4.32. The minimum atomic E-state index is -0.236. The van der Waals surface area contributed by atoms with Crippen molar-refractivity contribution in [1.82, 2.24) is 20.0 Å². The van der Waals surface area contributed by atoms with E-state index in [1.165, 1.54) is 0 Å². The summed E-state index contributed by atoms with van der Waals surface area (Å²) in [5, 5.41) is 8.24. The van der Waals surface area contributed by atoms with E-state index in [9.17, 15) is 4.79 Å². The molecule has 1 aromatic heterocycles. The van der Waals surface area contributed by atoms with E-state index >= 15 is 0 Å². The highest BCUT2D eigenvalue weighted by Crippen LogP contribution is 2.11. The Morgan fingerprint density at radius 1 is 1.12 bits per heavy atom. The molecule has 1 saturated heterocycles. The summed E-state index contributed by atoms with van der Waals surface area (Å²) in [4.78, 5) is 15.6. The molecule has 2 heterocycles. The van der Waals surface area contributed by atoms with E-state index in [1.807, 2.05) is 37.3 Å². The molecule has 0 atom stereocenters. The second-order valence-corrected chi connectivity index (χ2v) is 5.71. The minimum Gasteiger partial charge on any atom is -0.450 e. The summed E-state index contributed by atoms with van der Waals surface area (Å²) in [6.07, 6.45) is 0.407. The Kier molecular flexibility index (Phi) is 5.43. The van der Waals surface area contributed by atoms with Crippen LogP contribution in [0.2, 0.25) is 0 Å². The summed E-state index contributed by atoms with van der Waals surface area (Å²) in [7, 11) is 0. The number of ether oxygens (including phenoxy) is 1. The van der Waals surface area contributed by atoms with Crippen molar-refractivity contribution in [3.63, 3.8) is 0 Å². The Balaban J connectivity index is 1.48. The van der Waals surface area contributed by atoms with Crippen LogP contribution in [-0.2, 0) is 17.7 Å². The number of hydrogen-bond donors (Lipinski definition) is 0. The van der Waals surface area contributed by atoms with Crippen molar-refractivity contribution in [2.45, 2.75) is 19.9 Å². The first-order valence-corrected chi connectivity index (χ1v) is 8.24. The fourth-order valence-electron chi connectivity index (χ4n) is 2.69. The van der Waals surface area contributed by atoms with Crippen molar-refractivity contribution >= 4 is 6.09 Å². The van der Waals surface area contributed by atoms with E-state index in [0.717, 1.165) is 18.7 Å². The molecule has 0 unspecified atom stereocenters. The van der Waals surface area contributed by atoms with E-state index in [2.05, 4.69) is 15.1 Å². The van der Waals surface area contributed by atoms with Crippen molar-refractivity contribution in [3.8, 4) is 0 Å². The number of carbonyl (C=O) groups is 1. The van der Waals surface area contributed by atoms with Crippen LogP contribution in [0.5, 0.6) is 0 Å². The van der Waals surface area contributed by atoms with Gasteiger partial charge < -0.3 is 14.1 Å². The number of nitrogens with zero attached hydrogens (tertiary/aromatic N) is 4. The van der Waals surface area contributed by atoms with Gasteiger partial charge >= 0.3 is 6.09 Å². The van der Waals surface area contributed by atoms with Crippen molar-refractivity contribution in [2.24, 2.45) is 0 Å². The smallest absolute Gasteiger partial charge is 0.409 e. The van der Waals surface area contributed by atoms with Crippen LogP contribution in [0.4, 0.5) is 4.79 Å². The van der Waals surface area contributed by atoms with Crippen LogP contribution < -0.4 is 0 Å². The topological polar surface area (TPSA) is 71.7 Å². The highest BCUT2D eigenvalue weighted by molar-refractivity contribution is 5.67. The Hall–Kier alpha value is -2.41. The van der Waals surface area contributed by atoms with Crippen molar-refractivity contribution in [1.29, 1.82) is 0 Å². The van der Waals surface area contributed by atoms with E-state index in [1.54, 1.807) is 4.90 Å². The first-order chi connectivity index (χ1) is 11.7. The van der Waals surface area contributed by atoms with Crippen LogP contribution in [0.1, 0.15) is 24.3 Å². The zero-order valence-electron chi connectivity index (χ0n) is 13.9. The number of hydrogen-bond acceptors (Lipinski definition) is 6. The van der Waals surface area contributed by atoms with Crippen molar-refractivity contribution < 1.29 is 13.9 Å². The molecule has 1 amide bonds. The van der Waals surface area contributed by atoms with E-state index < -0.39 is 0 Å². The Labute approximate surface area is 141 Å². The van der Waals surface area contributed by atoms with Gasteiger partial charge in [-0.15, -0.1) is 10.2 Å². The quantitative estimate of drug-likeness (QED) is 0.834. The van der Waals surface area contributed by atoms with E-state index in [0.29, 0.717) is 44.4 Å². The number of piperazine rings is 1. The second kappa shape index (κ2) is 7.92. The highest BCUT2D eigenvalue weighted by atomic mass is 16.6. The number of rotatable bonds is 5. The molecule has 1 aliphatic heterocycles. The number of aromatic nitrogens is 2. The first-order valence-electron chi connectivity index (χ1n) is 8.24. The summed E-state index contributed by atoms with van der Waals surface area (Å²) in [6.45, 7) is 5.69.